The molecular weight excluding hydrogens is 246 g/mol. The van der Waals surface area contributed by atoms with Gasteiger partial charge in [0.25, 0.3) is 0 Å². The molecule has 0 unspecified atom stereocenters. The van der Waals surface area contributed by atoms with Crippen LogP contribution in [0, 0.1) is 5.92 Å². The van der Waals surface area contributed by atoms with Gasteiger partial charge in [0.05, 0.1) is 10.2 Å². The van der Waals surface area contributed by atoms with E-state index in [1.165, 1.54) is 32.1 Å². The van der Waals surface area contributed by atoms with Crippen molar-refractivity contribution in [3.8, 4) is 0 Å². The minimum Gasteiger partial charge on any atom is -0.371 e. The number of hydrogen-bond donors (Lipinski definition) is 0. The molecule has 1 aliphatic rings. The molecule has 0 bridgehead atoms. The minimum atomic E-state index is 0.417. The molecule has 98 valence electrons. The summed E-state index contributed by atoms with van der Waals surface area (Å²) >= 11 is 7.65. The molecule has 1 fully saturated rings. The van der Waals surface area contributed by atoms with Gasteiger partial charge < -0.3 is 4.90 Å². The summed E-state index contributed by atoms with van der Waals surface area (Å²) in [4.78, 5) is 3.14. The Hall–Kier alpha value is -0.0200. The standard InChI is InChI=1S/C14H25NS2/c1-5-11(2)13(14(16)15(3)4)17-12-9-7-6-8-10-12/h5,11-13H,1,6-10H2,2-4H3/t11-,13+/m1/s1. The van der Waals surface area contributed by atoms with Gasteiger partial charge in [0, 0.05) is 19.3 Å². The van der Waals surface area contributed by atoms with Gasteiger partial charge in [-0.05, 0) is 18.8 Å². The highest BCUT2D eigenvalue weighted by atomic mass is 32.2. The van der Waals surface area contributed by atoms with Crippen LogP contribution < -0.4 is 0 Å². The Morgan fingerprint density at radius 1 is 1.35 bits per heavy atom. The number of thioether (sulfide) groups is 1. The topological polar surface area (TPSA) is 3.24 Å². The zero-order valence-corrected chi connectivity index (χ0v) is 12.9. The van der Waals surface area contributed by atoms with E-state index in [1.54, 1.807) is 0 Å². The molecule has 0 saturated heterocycles. The van der Waals surface area contributed by atoms with Crippen LogP contribution >= 0.6 is 24.0 Å². The number of allylic oxidation sites excluding steroid dienone is 1. The third-order valence-electron chi connectivity index (χ3n) is 3.42. The molecule has 3 heteroatoms. The van der Waals surface area contributed by atoms with E-state index in [0.29, 0.717) is 11.2 Å². The number of thiocarbonyl (C=S) groups is 1. The lowest BCUT2D eigenvalue weighted by molar-refractivity contribution is 0.513. The molecule has 0 N–H and O–H groups in total. The average molecular weight is 271 g/mol. The van der Waals surface area contributed by atoms with Crippen molar-refractivity contribution in [1.29, 1.82) is 0 Å². The van der Waals surface area contributed by atoms with Gasteiger partial charge in [-0.1, -0.05) is 44.5 Å². The van der Waals surface area contributed by atoms with Crippen molar-refractivity contribution in [2.45, 2.75) is 49.5 Å². The van der Waals surface area contributed by atoms with Crippen molar-refractivity contribution in [2.75, 3.05) is 14.1 Å². The van der Waals surface area contributed by atoms with Crippen molar-refractivity contribution in [2.24, 2.45) is 5.92 Å². The van der Waals surface area contributed by atoms with Gasteiger partial charge in [-0.15, -0.1) is 18.3 Å². The van der Waals surface area contributed by atoms with Crippen LogP contribution in [-0.2, 0) is 0 Å². The summed E-state index contributed by atoms with van der Waals surface area (Å²) < 4.78 is 0. The second-order valence-corrected chi connectivity index (χ2v) is 7.01. The lowest BCUT2D eigenvalue weighted by Gasteiger charge is -2.31. The third kappa shape index (κ3) is 4.63. The molecule has 0 aromatic heterocycles. The van der Waals surface area contributed by atoms with E-state index < -0.39 is 0 Å². The summed E-state index contributed by atoms with van der Waals surface area (Å²) in [6.45, 7) is 6.15. The number of hydrogen-bond acceptors (Lipinski definition) is 2. The van der Waals surface area contributed by atoms with Crippen LogP contribution in [0.1, 0.15) is 39.0 Å². The Bertz CT molecular complexity index is 257. The van der Waals surface area contributed by atoms with Crippen molar-refractivity contribution in [3.05, 3.63) is 12.7 Å². The van der Waals surface area contributed by atoms with E-state index >= 15 is 0 Å². The predicted molar refractivity (Wildman–Crippen MR) is 83.9 cm³/mol. The van der Waals surface area contributed by atoms with E-state index in [9.17, 15) is 0 Å². The number of rotatable bonds is 5. The highest BCUT2D eigenvalue weighted by Gasteiger charge is 2.26. The van der Waals surface area contributed by atoms with Gasteiger partial charge >= 0.3 is 0 Å². The third-order valence-corrected chi connectivity index (χ3v) is 6.00. The SMILES string of the molecule is C=C[C@@H](C)[C@H](SC1CCCCC1)C(=S)N(C)C. The van der Waals surface area contributed by atoms with E-state index in [-0.39, 0.29) is 0 Å². The van der Waals surface area contributed by atoms with Crippen LogP contribution in [0.4, 0.5) is 0 Å². The largest absolute Gasteiger partial charge is 0.371 e. The summed E-state index contributed by atoms with van der Waals surface area (Å²) in [6.07, 6.45) is 8.96. The molecule has 0 amide bonds. The molecule has 1 nitrogen and oxygen atoms in total. The molecule has 0 spiro atoms. The van der Waals surface area contributed by atoms with Crippen LogP contribution in [0.5, 0.6) is 0 Å². The molecule has 17 heavy (non-hydrogen) atoms. The molecule has 0 aromatic carbocycles. The lowest BCUT2D eigenvalue weighted by Crippen LogP contribution is -2.35. The average Bonchev–Trinajstić information content (AvgIpc) is 2.35. The highest BCUT2D eigenvalue weighted by Crippen LogP contribution is 2.35. The number of nitrogens with zero attached hydrogens (tertiary/aromatic N) is 1. The summed E-state index contributed by atoms with van der Waals surface area (Å²) in [7, 11) is 4.10. The fourth-order valence-corrected chi connectivity index (χ4v) is 4.28. The van der Waals surface area contributed by atoms with Crippen LogP contribution in [0.2, 0.25) is 0 Å². The van der Waals surface area contributed by atoms with Crippen molar-refractivity contribution >= 4 is 29.0 Å². The minimum absolute atomic E-state index is 0.417. The molecule has 0 radical (unpaired) electrons. The molecule has 0 aromatic rings. The summed E-state index contributed by atoms with van der Waals surface area (Å²) in [5.41, 5.74) is 0. The molecule has 2 atom stereocenters. The van der Waals surface area contributed by atoms with E-state index in [1.807, 2.05) is 20.2 Å². The molecule has 1 saturated carbocycles. The second-order valence-electron chi connectivity index (χ2n) is 5.14. The van der Waals surface area contributed by atoms with Crippen molar-refractivity contribution in [3.63, 3.8) is 0 Å². The quantitative estimate of drug-likeness (QED) is 0.547. The maximum absolute atomic E-state index is 5.57. The first-order valence-electron chi connectivity index (χ1n) is 6.55. The van der Waals surface area contributed by atoms with Gasteiger partial charge in [0.2, 0.25) is 0 Å². The summed E-state index contributed by atoms with van der Waals surface area (Å²) in [5, 5.41) is 1.22. The van der Waals surface area contributed by atoms with Gasteiger partial charge in [-0.3, -0.25) is 0 Å². The first kappa shape index (κ1) is 15.0. The van der Waals surface area contributed by atoms with Crippen LogP contribution in [0.3, 0.4) is 0 Å². The second kappa shape index (κ2) is 7.42. The lowest BCUT2D eigenvalue weighted by atomic mass is 10.0. The van der Waals surface area contributed by atoms with Crippen LogP contribution in [-0.4, -0.2) is 34.5 Å². The molecule has 0 heterocycles. The Kier molecular flexibility index (Phi) is 6.57. The normalized spacial score (nSPS) is 20.6. The molecular formula is C14H25NS2. The Morgan fingerprint density at radius 2 is 1.94 bits per heavy atom. The van der Waals surface area contributed by atoms with Crippen LogP contribution in [0.15, 0.2) is 12.7 Å². The Labute approximate surface area is 116 Å². The maximum Gasteiger partial charge on any atom is 0.0912 e. The van der Waals surface area contributed by atoms with Gasteiger partial charge in [-0.25, -0.2) is 0 Å². The zero-order chi connectivity index (χ0) is 12.8. The van der Waals surface area contributed by atoms with E-state index in [2.05, 4.69) is 30.2 Å². The van der Waals surface area contributed by atoms with Crippen molar-refractivity contribution < 1.29 is 0 Å². The van der Waals surface area contributed by atoms with Crippen LogP contribution in [0.25, 0.3) is 0 Å². The van der Waals surface area contributed by atoms with Gasteiger partial charge in [0.1, 0.15) is 0 Å². The zero-order valence-electron chi connectivity index (χ0n) is 11.3. The van der Waals surface area contributed by atoms with E-state index in [4.69, 9.17) is 12.2 Å². The van der Waals surface area contributed by atoms with Crippen molar-refractivity contribution in [1.82, 2.24) is 4.90 Å². The van der Waals surface area contributed by atoms with Gasteiger partial charge in [0.15, 0.2) is 0 Å². The Balaban J connectivity index is 2.62. The summed E-state index contributed by atoms with van der Waals surface area (Å²) in [5.74, 6) is 0.455. The fraction of sp³-hybridized carbons (Fsp3) is 0.786. The smallest absolute Gasteiger partial charge is 0.0912 e. The predicted octanol–water partition coefficient (Wildman–Crippen LogP) is 4.13. The fourth-order valence-electron chi connectivity index (χ4n) is 2.19. The Morgan fingerprint density at radius 3 is 2.41 bits per heavy atom. The maximum atomic E-state index is 5.57. The highest BCUT2D eigenvalue weighted by molar-refractivity contribution is 8.02. The summed E-state index contributed by atoms with van der Waals surface area (Å²) in [6, 6.07) is 0. The van der Waals surface area contributed by atoms with Gasteiger partial charge in [-0.2, -0.15) is 0 Å². The monoisotopic (exact) mass is 271 g/mol. The first-order chi connectivity index (χ1) is 8.06. The first-order valence-corrected chi connectivity index (χ1v) is 7.90. The molecule has 0 aliphatic heterocycles. The molecule has 1 rings (SSSR count). The molecule has 1 aliphatic carbocycles. The van der Waals surface area contributed by atoms with E-state index in [0.717, 1.165) is 10.2 Å².